The summed E-state index contributed by atoms with van der Waals surface area (Å²) in [5.74, 6) is 4.84. The molecule has 5 nitrogen and oxygen atoms in total. The summed E-state index contributed by atoms with van der Waals surface area (Å²) in [5.41, 5.74) is 3.65. The van der Waals surface area contributed by atoms with E-state index in [0.29, 0.717) is 11.3 Å². The van der Waals surface area contributed by atoms with Crippen molar-refractivity contribution >= 4 is 17.2 Å². The monoisotopic (exact) mass is 248 g/mol. The molecule has 0 radical (unpaired) electrons. The van der Waals surface area contributed by atoms with Crippen molar-refractivity contribution in [2.75, 3.05) is 0 Å². The molecule has 2 aromatic rings. The number of pyridine rings is 1. The van der Waals surface area contributed by atoms with E-state index in [4.69, 9.17) is 5.84 Å². The van der Waals surface area contributed by atoms with Gasteiger partial charge in [-0.25, -0.2) is 10.8 Å². The maximum Gasteiger partial charge on any atom is 0.277 e. The smallest absolute Gasteiger partial charge is 0.277 e. The molecule has 17 heavy (non-hydrogen) atoms. The Hall–Kier alpha value is -1.79. The Morgan fingerprint density at radius 2 is 2.35 bits per heavy atom. The number of nitrogens with zero attached hydrogens (tertiary/aromatic N) is 2. The van der Waals surface area contributed by atoms with E-state index in [-0.39, 0.29) is 5.91 Å². The molecule has 2 rings (SSSR count). The fraction of sp³-hybridized carbons (Fsp3) is 0.182. The van der Waals surface area contributed by atoms with Crippen molar-refractivity contribution < 1.29 is 4.79 Å². The van der Waals surface area contributed by atoms with E-state index in [1.165, 1.54) is 11.3 Å². The molecule has 6 heteroatoms. The molecular weight excluding hydrogens is 236 g/mol. The molecule has 0 saturated heterocycles. The van der Waals surface area contributed by atoms with Crippen molar-refractivity contribution in [1.82, 2.24) is 15.4 Å². The molecule has 3 N–H and O–H groups in total. The van der Waals surface area contributed by atoms with Crippen molar-refractivity contribution in [1.29, 1.82) is 0 Å². The number of rotatable bonds is 3. The van der Waals surface area contributed by atoms with Crippen LogP contribution in [0.1, 0.15) is 22.3 Å². The van der Waals surface area contributed by atoms with Crippen LogP contribution in [0.2, 0.25) is 0 Å². The van der Waals surface area contributed by atoms with Gasteiger partial charge in [0.2, 0.25) is 0 Å². The molecule has 1 amide bonds. The minimum absolute atomic E-state index is 0.304. The molecule has 0 unspecified atom stereocenters. The quantitative estimate of drug-likeness (QED) is 0.488. The van der Waals surface area contributed by atoms with E-state index in [1.807, 2.05) is 25.1 Å². The van der Waals surface area contributed by atoms with E-state index >= 15 is 0 Å². The largest absolute Gasteiger partial charge is 0.289 e. The maximum atomic E-state index is 11.6. The first-order valence-corrected chi connectivity index (χ1v) is 6.00. The van der Waals surface area contributed by atoms with Crippen LogP contribution in [0.25, 0.3) is 10.7 Å². The first kappa shape index (κ1) is 11.7. The van der Waals surface area contributed by atoms with Crippen LogP contribution < -0.4 is 11.3 Å². The number of amides is 1. The number of nitrogens with two attached hydrogens (primary N) is 1. The van der Waals surface area contributed by atoms with Crippen LogP contribution in [-0.2, 0) is 6.42 Å². The number of hydrazine groups is 1. The highest BCUT2D eigenvalue weighted by Crippen LogP contribution is 2.26. The summed E-state index contributed by atoms with van der Waals surface area (Å²) in [6, 6.07) is 5.59. The predicted octanol–water partition coefficient (Wildman–Crippen LogP) is 1.37. The molecule has 0 bridgehead atoms. The molecular formula is C11H12N4OS. The van der Waals surface area contributed by atoms with Crippen LogP contribution >= 0.6 is 11.3 Å². The van der Waals surface area contributed by atoms with Gasteiger partial charge in [0.1, 0.15) is 9.88 Å². The Morgan fingerprint density at radius 3 is 2.94 bits per heavy atom. The van der Waals surface area contributed by atoms with Crippen molar-refractivity contribution in [3.63, 3.8) is 0 Å². The molecule has 0 aliphatic rings. The zero-order valence-electron chi connectivity index (χ0n) is 9.30. The van der Waals surface area contributed by atoms with Crippen molar-refractivity contribution in [2.45, 2.75) is 13.3 Å². The van der Waals surface area contributed by atoms with Crippen molar-refractivity contribution in [3.05, 3.63) is 35.0 Å². The molecule has 0 aliphatic carbocycles. The summed E-state index contributed by atoms with van der Waals surface area (Å²) in [6.07, 6.45) is 2.39. The predicted molar refractivity (Wildman–Crippen MR) is 66.4 cm³/mol. The van der Waals surface area contributed by atoms with Gasteiger partial charge in [-0.05, 0) is 18.6 Å². The van der Waals surface area contributed by atoms with Crippen LogP contribution in [0.15, 0.2) is 24.4 Å². The Balaban J connectivity index is 2.45. The van der Waals surface area contributed by atoms with E-state index in [1.54, 1.807) is 6.20 Å². The van der Waals surface area contributed by atoms with E-state index in [0.717, 1.165) is 16.4 Å². The molecule has 0 aliphatic heterocycles. The lowest BCUT2D eigenvalue weighted by Gasteiger charge is -1.95. The number of hydrogen-bond donors (Lipinski definition) is 2. The zero-order valence-corrected chi connectivity index (χ0v) is 10.1. The number of aryl methyl sites for hydroxylation is 1. The third-order valence-electron chi connectivity index (χ3n) is 2.25. The summed E-state index contributed by atoms with van der Waals surface area (Å²) < 4.78 is 0. The van der Waals surface area contributed by atoms with Gasteiger partial charge < -0.3 is 0 Å². The van der Waals surface area contributed by atoms with Crippen LogP contribution in [-0.4, -0.2) is 15.9 Å². The zero-order chi connectivity index (χ0) is 12.3. The average Bonchev–Trinajstić information content (AvgIpc) is 2.83. The normalized spacial score (nSPS) is 10.2. The number of carbonyl (C=O) groups is 1. The Bertz CT molecular complexity index is 524. The molecule has 88 valence electrons. The minimum Gasteiger partial charge on any atom is -0.289 e. The third kappa shape index (κ3) is 2.32. The van der Waals surface area contributed by atoms with Gasteiger partial charge in [0.15, 0.2) is 0 Å². The first-order chi connectivity index (χ1) is 8.26. The number of thiazole rings is 1. The average molecular weight is 248 g/mol. The molecule has 0 atom stereocenters. The summed E-state index contributed by atoms with van der Waals surface area (Å²) >= 11 is 1.30. The highest BCUT2D eigenvalue weighted by molar-refractivity contribution is 7.17. The standard InChI is InChI=1S/C11H12N4OS/c1-2-7-9(10(16)15-12)17-11(14-7)8-5-3-4-6-13-8/h3-6H,2,12H2,1H3,(H,15,16). The molecule has 0 aromatic carbocycles. The van der Waals surface area contributed by atoms with Gasteiger partial charge in [-0.15, -0.1) is 11.3 Å². The summed E-state index contributed by atoms with van der Waals surface area (Å²) in [5, 5.41) is 0.737. The Morgan fingerprint density at radius 1 is 1.53 bits per heavy atom. The maximum absolute atomic E-state index is 11.6. The minimum atomic E-state index is -0.304. The molecule has 0 spiro atoms. The number of aromatic nitrogens is 2. The van der Waals surface area contributed by atoms with E-state index in [9.17, 15) is 4.79 Å². The lowest BCUT2D eigenvalue weighted by Crippen LogP contribution is -2.30. The lowest BCUT2D eigenvalue weighted by atomic mass is 10.3. The highest BCUT2D eigenvalue weighted by Gasteiger charge is 2.17. The van der Waals surface area contributed by atoms with Crippen LogP contribution in [0.3, 0.4) is 0 Å². The Kier molecular flexibility index (Phi) is 3.46. The van der Waals surface area contributed by atoms with Crippen molar-refractivity contribution in [3.8, 4) is 10.7 Å². The van der Waals surface area contributed by atoms with Gasteiger partial charge in [0.05, 0.1) is 11.4 Å². The van der Waals surface area contributed by atoms with Crippen molar-refractivity contribution in [2.24, 2.45) is 5.84 Å². The van der Waals surface area contributed by atoms with Crippen LogP contribution in [0, 0.1) is 0 Å². The number of nitrogen functional groups attached to an aromatic ring is 1. The van der Waals surface area contributed by atoms with Gasteiger partial charge in [0, 0.05) is 6.20 Å². The van der Waals surface area contributed by atoms with E-state index < -0.39 is 0 Å². The van der Waals surface area contributed by atoms with Gasteiger partial charge in [0.25, 0.3) is 5.91 Å². The second-order valence-corrected chi connectivity index (χ2v) is 4.34. The fourth-order valence-corrected chi connectivity index (χ4v) is 2.47. The number of carbonyl (C=O) groups excluding carboxylic acids is 1. The second-order valence-electron chi connectivity index (χ2n) is 3.34. The van der Waals surface area contributed by atoms with Gasteiger partial charge in [-0.2, -0.15) is 0 Å². The SMILES string of the molecule is CCc1nc(-c2ccccn2)sc1C(=O)NN. The Labute approximate surface area is 103 Å². The summed E-state index contributed by atoms with van der Waals surface area (Å²) in [6.45, 7) is 1.95. The van der Waals surface area contributed by atoms with Gasteiger partial charge >= 0.3 is 0 Å². The molecule has 0 saturated carbocycles. The topological polar surface area (TPSA) is 80.9 Å². The summed E-state index contributed by atoms with van der Waals surface area (Å²) in [7, 11) is 0. The molecule has 0 fully saturated rings. The highest BCUT2D eigenvalue weighted by atomic mass is 32.1. The van der Waals surface area contributed by atoms with Crippen LogP contribution in [0.4, 0.5) is 0 Å². The molecule has 2 aromatic heterocycles. The first-order valence-electron chi connectivity index (χ1n) is 5.18. The number of hydrogen-bond acceptors (Lipinski definition) is 5. The third-order valence-corrected chi connectivity index (χ3v) is 3.37. The second kappa shape index (κ2) is 5.03. The van der Waals surface area contributed by atoms with E-state index in [2.05, 4.69) is 15.4 Å². The summed E-state index contributed by atoms with van der Waals surface area (Å²) in [4.78, 5) is 20.7. The molecule has 2 heterocycles. The van der Waals surface area contributed by atoms with Crippen LogP contribution in [0.5, 0.6) is 0 Å². The lowest BCUT2D eigenvalue weighted by molar-refractivity contribution is 0.0956. The fourth-order valence-electron chi connectivity index (χ4n) is 1.43. The van der Waals surface area contributed by atoms with Gasteiger partial charge in [-0.1, -0.05) is 13.0 Å². The van der Waals surface area contributed by atoms with Gasteiger partial charge in [-0.3, -0.25) is 15.2 Å². The number of nitrogens with one attached hydrogen (secondary N) is 1.